The molecular formula is C16H20N2O2. The second-order valence-electron chi connectivity index (χ2n) is 4.06. The summed E-state index contributed by atoms with van der Waals surface area (Å²) >= 11 is 0. The molecule has 0 aliphatic carbocycles. The smallest absolute Gasteiger partial charge is 0.267 e. The van der Waals surface area contributed by atoms with Crippen LogP contribution < -0.4 is 5.56 Å². The van der Waals surface area contributed by atoms with Gasteiger partial charge < -0.3 is 9.30 Å². The highest BCUT2D eigenvalue weighted by Crippen LogP contribution is 2.18. The highest BCUT2D eigenvalue weighted by molar-refractivity contribution is 5.89. The molecule has 0 amide bonds. The molecule has 0 atom stereocenters. The van der Waals surface area contributed by atoms with Crippen LogP contribution in [0.15, 0.2) is 23.4 Å². The van der Waals surface area contributed by atoms with Crippen molar-refractivity contribution in [3.05, 3.63) is 40.1 Å². The van der Waals surface area contributed by atoms with Crippen LogP contribution in [0.3, 0.4) is 0 Å². The van der Waals surface area contributed by atoms with Gasteiger partial charge in [-0.05, 0) is 12.5 Å². The Morgan fingerprint density at radius 3 is 2.70 bits per heavy atom. The van der Waals surface area contributed by atoms with Crippen molar-refractivity contribution in [1.29, 1.82) is 0 Å². The fraction of sp³-hybridized carbons (Fsp3) is 0.375. The number of nitrogens with zero attached hydrogens (tertiary/aromatic N) is 2. The number of hydrogen-bond acceptors (Lipinski definition) is 3. The summed E-state index contributed by atoms with van der Waals surface area (Å²) < 4.78 is 6.55. The van der Waals surface area contributed by atoms with Gasteiger partial charge in [-0.1, -0.05) is 19.8 Å². The lowest BCUT2D eigenvalue weighted by molar-refractivity contribution is 0.186. The highest BCUT2D eigenvalue weighted by Gasteiger charge is 2.10. The van der Waals surface area contributed by atoms with Gasteiger partial charge in [-0.2, -0.15) is 0 Å². The average molecular weight is 272 g/mol. The van der Waals surface area contributed by atoms with Crippen molar-refractivity contribution < 1.29 is 4.74 Å². The Bertz CT molecular complexity index is 681. The molecule has 0 aliphatic rings. The zero-order valence-corrected chi connectivity index (χ0v) is 12.4. The van der Waals surface area contributed by atoms with Crippen LogP contribution in [0.5, 0.6) is 0 Å². The van der Waals surface area contributed by atoms with Crippen molar-refractivity contribution in [2.45, 2.75) is 27.3 Å². The second kappa shape index (κ2) is 7.46. The minimum Gasteiger partial charge on any atom is -0.383 e. The summed E-state index contributed by atoms with van der Waals surface area (Å²) in [6, 6.07) is 0. The number of terminal acetylenes is 1. The van der Waals surface area contributed by atoms with E-state index in [0.29, 0.717) is 18.7 Å². The maximum Gasteiger partial charge on any atom is 0.267 e. The molecule has 2 aromatic heterocycles. The monoisotopic (exact) mass is 272 g/mol. The van der Waals surface area contributed by atoms with E-state index in [4.69, 9.17) is 11.2 Å². The van der Waals surface area contributed by atoms with Crippen molar-refractivity contribution in [3.63, 3.8) is 0 Å². The number of rotatable bonds is 3. The quantitative estimate of drug-likeness (QED) is 0.806. The van der Waals surface area contributed by atoms with Crippen LogP contribution in [0.25, 0.3) is 10.8 Å². The molecule has 0 spiro atoms. The summed E-state index contributed by atoms with van der Waals surface area (Å²) in [5.41, 5.74) is 1.15. The number of aromatic nitrogens is 2. The van der Waals surface area contributed by atoms with E-state index in [9.17, 15) is 4.79 Å². The number of methoxy groups -OCH3 is 1. The lowest BCUT2D eigenvalue weighted by atomic mass is 10.1. The number of ether oxygens (including phenoxy) is 1. The van der Waals surface area contributed by atoms with Crippen molar-refractivity contribution in [1.82, 2.24) is 9.55 Å². The molecule has 106 valence electrons. The molecule has 0 saturated carbocycles. The van der Waals surface area contributed by atoms with Gasteiger partial charge in [-0.25, -0.2) is 0 Å². The molecule has 0 radical (unpaired) electrons. The normalized spacial score (nSPS) is 9.75. The number of pyridine rings is 2. The van der Waals surface area contributed by atoms with Gasteiger partial charge in [0.05, 0.1) is 12.2 Å². The molecule has 0 aliphatic heterocycles. The standard InChI is InChI=1S/C14H14N2O2.C2H6/c1-4-12-13-10(2)7-15-8-11(13)9-16(14(12)17)5-6-18-3;1-2/h1,7-9H,5-6H2,2-3H3;1-2H3. The van der Waals surface area contributed by atoms with Crippen molar-refractivity contribution in [2.75, 3.05) is 13.7 Å². The molecule has 0 N–H and O–H groups in total. The van der Waals surface area contributed by atoms with Crippen LogP contribution in [0.1, 0.15) is 25.0 Å². The molecule has 20 heavy (non-hydrogen) atoms. The van der Waals surface area contributed by atoms with Crippen molar-refractivity contribution in [3.8, 4) is 12.3 Å². The molecule has 2 heterocycles. The molecule has 2 aromatic rings. The highest BCUT2D eigenvalue weighted by atomic mass is 16.5. The lowest BCUT2D eigenvalue weighted by Gasteiger charge is -2.10. The Kier molecular flexibility index (Phi) is 5.95. The Labute approximate surface area is 119 Å². The van der Waals surface area contributed by atoms with Gasteiger partial charge in [0.2, 0.25) is 0 Å². The van der Waals surface area contributed by atoms with E-state index >= 15 is 0 Å². The SMILES string of the molecule is C#Cc1c(=O)n(CCOC)cc2cncc(C)c12.CC. The van der Waals surface area contributed by atoms with Gasteiger partial charge >= 0.3 is 0 Å². The predicted molar refractivity (Wildman–Crippen MR) is 81.9 cm³/mol. The number of fused-ring (bicyclic) bond motifs is 1. The average Bonchev–Trinajstić information content (AvgIpc) is 2.48. The summed E-state index contributed by atoms with van der Waals surface area (Å²) in [5.74, 6) is 2.49. The van der Waals surface area contributed by atoms with Gasteiger partial charge in [-0.3, -0.25) is 9.78 Å². The first-order valence-electron chi connectivity index (χ1n) is 6.62. The molecule has 2 rings (SSSR count). The number of hydrogen-bond donors (Lipinski definition) is 0. The minimum absolute atomic E-state index is 0.156. The summed E-state index contributed by atoms with van der Waals surface area (Å²) in [7, 11) is 1.60. The van der Waals surface area contributed by atoms with E-state index in [1.165, 1.54) is 0 Å². The third kappa shape index (κ3) is 3.06. The first-order chi connectivity index (χ1) is 9.69. The fourth-order valence-corrected chi connectivity index (χ4v) is 1.99. The predicted octanol–water partition coefficient (Wildman–Crippen LogP) is 2.36. The molecule has 4 nitrogen and oxygen atoms in total. The molecule has 0 bridgehead atoms. The summed E-state index contributed by atoms with van der Waals surface area (Å²) in [4.78, 5) is 16.3. The first kappa shape index (κ1) is 15.9. The minimum atomic E-state index is -0.156. The third-order valence-corrected chi connectivity index (χ3v) is 2.87. The van der Waals surface area contributed by atoms with E-state index in [1.54, 1.807) is 30.3 Å². The van der Waals surface area contributed by atoms with E-state index in [1.807, 2.05) is 20.8 Å². The molecule has 0 unspecified atom stereocenters. The first-order valence-corrected chi connectivity index (χ1v) is 6.62. The van der Waals surface area contributed by atoms with Gasteiger partial charge in [0.1, 0.15) is 0 Å². The van der Waals surface area contributed by atoms with Crippen molar-refractivity contribution in [2.24, 2.45) is 0 Å². The second-order valence-corrected chi connectivity index (χ2v) is 4.06. The van der Waals surface area contributed by atoms with Crippen LogP contribution in [-0.4, -0.2) is 23.3 Å². The van der Waals surface area contributed by atoms with E-state index < -0.39 is 0 Å². The van der Waals surface area contributed by atoms with Gasteiger partial charge in [0.15, 0.2) is 0 Å². The van der Waals surface area contributed by atoms with E-state index in [0.717, 1.165) is 16.3 Å². The van der Waals surface area contributed by atoms with Crippen LogP contribution in [-0.2, 0) is 11.3 Å². The lowest BCUT2D eigenvalue weighted by Crippen LogP contribution is -2.24. The fourth-order valence-electron chi connectivity index (χ4n) is 1.99. The van der Waals surface area contributed by atoms with Crippen LogP contribution in [0, 0.1) is 19.3 Å². The van der Waals surface area contributed by atoms with Crippen LogP contribution in [0.4, 0.5) is 0 Å². The summed E-state index contributed by atoms with van der Waals surface area (Å²) in [6.07, 6.45) is 10.7. The molecular weight excluding hydrogens is 252 g/mol. The maximum atomic E-state index is 12.2. The topological polar surface area (TPSA) is 44.1 Å². The van der Waals surface area contributed by atoms with Crippen LogP contribution in [0.2, 0.25) is 0 Å². The van der Waals surface area contributed by atoms with Crippen LogP contribution >= 0.6 is 0 Å². The zero-order chi connectivity index (χ0) is 15.1. The third-order valence-electron chi connectivity index (χ3n) is 2.87. The Morgan fingerprint density at radius 2 is 2.10 bits per heavy atom. The van der Waals surface area contributed by atoms with Gasteiger partial charge in [0, 0.05) is 43.0 Å². The Balaban J connectivity index is 0.000000956. The van der Waals surface area contributed by atoms with Gasteiger partial charge in [-0.15, -0.1) is 6.42 Å². The largest absolute Gasteiger partial charge is 0.383 e. The molecule has 0 fully saturated rings. The molecule has 0 aromatic carbocycles. The summed E-state index contributed by atoms with van der Waals surface area (Å²) in [5, 5.41) is 1.69. The van der Waals surface area contributed by atoms with E-state index in [-0.39, 0.29) is 5.56 Å². The summed E-state index contributed by atoms with van der Waals surface area (Å²) in [6.45, 7) is 6.84. The Morgan fingerprint density at radius 1 is 1.40 bits per heavy atom. The Hall–Kier alpha value is -2.12. The number of aryl methyl sites for hydroxylation is 1. The molecule has 4 heteroatoms. The molecule has 0 saturated heterocycles. The van der Waals surface area contributed by atoms with Crippen molar-refractivity contribution >= 4 is 10.8 Å². The van der Waals surface area contributed by atoms with E-state index in [2.05, 4.69) is 10.9 Å². The maximum absolute atomic E-state index is 12.2. The van der Waals surface area contributed by atoms with Gasteiger partial charge in [0.25, 0.3) is 5.56 Å². The zero-order valence-electron chi connectivity index (χ0n) is 12.4.